The molecule has 1 aliphatic heterocycles. The number of carbonyl (C=O) groups excluding carboxylic acids is 1. The lowest BCUT2D eigenvalue weighted by molar-refractivity contribution is 0.0769. The number of aliphatic hydroxyl groups is 1. The fourth-order valence-corrected chi connectivity index (χ4v) is 3.22. The summed E-state index contributed by atoms with van der Waals surface area (Å²) in [7, 11) is -3.09. The summed E-state index contributed by atoms with van der Waals surface area (Å²) in [6, 6.07) is 3.62. The SMILES string of the molecule is O=C(c1cc(F)ccc1C#CCO)N1CCS(=O)(=O)CC1. The highest BCUT2D eigenvalue weighted by atomic mass is 32.2. The summed E-state index contributed by atoms with van der Waals surface area (Å²) in [5.74, 6) is 3.80. The first kappa shape index (κ1) is 15.5. The van der Waals surface area contributed by atoms with E-state index >= 15 is 0 Å². The molecule has 0 radical (unpaired) electrons. The molecule has 2 rings (SSSR count). The Labute approximate surface area is 122 Å². The Morgan fingerprint density at radius 3 is 2.62 bits per heavy atom. The first-order valence-corrected chi connectivity index (χ1v) is 8.14. The van der Waals surface area contributed by atoms with Crippen molar-refractivity contribution in [3.8, 4) is 11.8 Å². The summed E-state index contributed by atoms with van der Waals surface area (Å²) in [4.78, 5) is 13.8. The van der Waals surface area contributed by atoms with Gasteiger partial charge in [-0.15, -0.1) is 0 Å². The monoisotopic (exact) mass is 311 g/mol. The predicted octanol–water partition coefficient (Wildman–Crippen LogP) is 0.0401. The lowest BCUT2D eigenvalue weighted by Crippen LogP contribution is -2.44. The summed E-state index contributed by atoms with van der Waals surface area (Å²) < 4.78 is 36.1. The normalized spacial score (nSPS) is 17.0. The lowest BCUT2D eigenvalue weighted by Gasteiger charge is -2.27. The van der Waals surface area contributed by atoms with Gasteiger partial charge in [0.05, 0.1) is 17.1 Å². The molecule has 0 saturated carbocycles. The highest BCUT2D eigenvalue weighted by Gasteiger charge is 2.26. The lowest BCUT2D eigenvalue weighted by atomic mass is 10.1. The number of carbonyl (C=O) groups is 1. The third-order valence-corrected chi connectivity index (χ3v) is 4.75. The van der Waals surface area contributed by atoms with Crippen molar-refractivity contribution in [1.82, 2.24) is 4.90 Å². The van der Waals surface area contributed by atoms with Crippen LogP contribution in [0.15, 0.2) is 18.2 Å². The van der Waals surface area contributed by atoms with E-state index in [2.05, 4.69) is 11.8 Å². The Balaban J connectivity index is 2.28. The molecular weight excluding hydrogens is 297 g/mol. The zero-order valence-electron chi connectivity index (χ0n) is 11.2. The maximum atomic E-state index is 13.4. The van der Waals surface area contributed by atoms with E-state index in [9.17, 15) is 17.6 Å². The van der Waals surface area contributed by atoms with E-state index in [-0.39, 0.29) is 36.8 Å². The van der Waals surface area contributed by atoms with Crippen LogP contribution in [0.3, 0.4) is 0 Å². The molecule has 0 spiro atoms. The van der Waals surface area contributed by atoms with Crippen LogP contribution in [-0.2, 0) is 9.84 Å². The molecule has 1 N–H and O–H groups in total. The third kappa shape index (κ3) is 3.80. The second kappa shape index (κ2) is 6.24. The number of hydrogen-bond acceptors (Lipinski definition) is 4. The van der Waals surface area contributed by atoms with E-state index in [4.69, 9.17) is 5.11 Å². The van der Waals surface area contributed by atoms with Crippen LogP contribution in [0.4, 0.5) is 4.39 Å². The highest BCUT2D eigenvalue weighted by Crippen LogP contribution is 2.15. The van der Waals surface area contributed by atoms with Crippen molar-refractivity contribution in [2.24, 2.45) is 0 Å². The predicted molar refractivity (Wildman–Crippen MR) is 74.9 cm³/mol. The van der Waals surface area contributed by atoms with Gasteiger partial charge in [0.1, 0.15) is 12.4 Å². The molecule has 21 heavy (non-hydrogen) atoms. The van der Waals surface area contributed by atoms with Crippen molar-refractivity contribution in [2.75, 3.05) is 31.2 Å². The van der Waals surface area contributed by atoms with Crippen LogP contribution < -0.4 is 0 Å². The molecule has 5 nitrogen and oxygen atoms in total. The average molecular weight is 311 g/mol. The molecule has 0 bridgehead atoms. The number of amides is 1. The fraction of sp³-hybridized carbons (Fsp3) is 0.357. The maximum Gasteiger partial charge on any atom is 0.255 e. The molecule has 0 atom stereocenters. The van der Waals surface area contributed by atoms with E-state index in [1.54, 1.807) is 0 Å². The molecule has 1 aliphatic rings. The fourth-order valence-electron chi connectivity index (χ4n) is 2.02. The van der Waals surface area contributed by atoms with Crippen molar-refractivity contribution in [1.29, 1.82) is 0 Å². The van der Waals surface area contributed by atoms with Crippen LogP contribution >= 0.6 is 0 Å². The van der Waals surface area contributed by atoms with Gasteiger partial charge in [0.25, 0.3) is 5.91 Å². The Hall–Kier alpha value is -1.91. The van der Waals surface area contributed by atoms with E-state index in [0.29, 0.717) is 5.56 Å². The van der Waals surface area contributed by atoms with Gasteiger partial charge in [-0.3, -0.25) is 4.79 Å². The van der Waals surface area contributed by atoms with Gasteiger partial charge in [-0.05, 0) is 18.2 Å². The first-order valence-electron chi connectivity index (χ1n) is 6.32. The molecule has 7 heteroatoms. The molecule has 0 unspecified atom stereocenters. The molecule has 1 amide bonds. The molecule has 0 aromatic heterocycles. The van der Waals surface area contributed by atoms with Crippen molar-refractivity contribution in [2.45, 2.75) is 0 Å². The van der Waals surface area contributed by atoms with Crippen molar-refractivity contribution in [3.63, 3.8) is 0 Å². The van der Waals surface area contributed by atoms with Gasteiger partial charge in [-0.2, -0.15) is 0 Å². The van der Waals surface area contributed by atoms with Crippen LogP contribution in [0, 0.1) is 17.7 Å². The van der Waals surface area contributed by atoms with Crippen molar-refractivity contribution < 1.29 is 22.7 Å². The highest BCUT2D eigenvalue weighted by molar-refractivity contribution is 7.91. The number of nitrogens with zero attached hydrogens (tertiary/aromatic N) is 1. The summed E-state index contributed by atoms with van der Waals surface area (Å²) in [5.41, 5.74) is 0.388. The van der Waals surface area contributed by atoms with Crippen LogP contribution in [0.2, 0.25) is 0 Å². The summed E-state index contributed by atoms with van der Waals surface area (Å²) in [5, 5.41) is 8.71. The number of halogens is 1. The van der Waals surface area contributed by atoms with E-state index in [0.717, 1.165) is 6.07 Å². The summed E-state index contributed by atoms with van der Waals surface area (Å²) in [6.07, 6.45) is 0. The number of benzene rings is 1. The Morgan fingerprint density at radius 2 is 2.00 bits per heavy atom. The van der Waals surface area contributed by atoms with Gasteiger partial charge in [-0.25, -0.2) is 12.8 Å². The first-order chi connectivity index (χ1) is 9.93. The Bertz CT molecular complexity index is 704. The molecule has 1 aromatic carbocycles. The molecule has 112 valence electrons. The number of rotatable bonds is 1. The van der Waals surface area contributed by atoms with Gasteiger partial charge in [0, 0.05) is 18.7 Å². The Morgan fingerprint density at radius 1 is 1.33 bits per heavy atom. The van der Waals surface area contributed by atoms with Gasteiger partial charge in [0.2, 0.25) is 0 Å². The molecular formula is C14H14FNO4S. The quantitative estimate of drug-likeness (QED) is 0.743. The molecule has 1 saturated heterocycles. The largest absolute Gasteiger partial charge is 0.384 e. The summed E-state index contributed by atoms with van der Waals surface area (Å²) >= 11 is 0. The smallest absolute Gasteiger partial charge is 0.255 e. The van der Waals surface area contributed by atoms with Gasteiger partial charge in [-0.1, -0.05) is 11.8 Å². The number of hydrogen-bond donors (Lipinski definition) is 1. The van der Waals surface area contributed by atoms with Crippen molar-refractivity contribution >= 4 is 15.7 Å². The molecule has 0 aliphatic carbocycles. The standard InChI is InChI=1S/C14H14FNO4S/c15-12-4-3-11(2-1-7-17)13(10-12)14(18)16-5-8-21(19,20)9-6-16/h3-4,10,17H,5-9H2. The van der Waals surface area contributed by atoms with Crippen LogP contribution in [0.1, 0.15) is 15.9 Å². The van der Waals surface area contributed by atoms with Crippen LogP contribution in [0.25, 0.3) is 0 Å². The topological polar surface area (TPSA) is 74.7 Å². The average Bonchev–Trinajstić information content (AvgIpc) is 2.45. The van der Waals surface area contributed by atoms with E-state index in [1.165, 1.54) is 17.0 Å². The van der Waals surface area contributed by atoms with Gasteiger partial charge in [0.15, 0.2) is 9.84 Å². The zero-order valence-corrected chi connectivity index (χ0v) is 12.0. The molecule has 1 aromatic rings. The van der Waals surface area contributed by atoms with E-state index in [1.807, 2.05) is 0 Å². The second-order valence-electron chi connectivity index (χ2n) is 4.59. The zero-order chi connectivity index (χ0) is 15.5. The minimum atomic E-state index is -3.09. The number of aliphatic hydroxyl groups excluding tert-OH is 1. The second-order valence-corrected chi connectivity index (χ2v) is 6.90. The maximum absolute atomic E-state index is 13.4. The minimum absolute atomic E-state index is 0.0789. The summed E-state index contributed by atoms with van der Waals surface area (Å²) in [6.45, 7) is -0.192. The van der Waals surface area contributed by atoms with Crippen molar-refractivity contribution in [3.05, 3.63) is 35.1 Å². The Kier molecular flexibility index (Phi) is 4.60. The molecule has 1 heterocycles. The van der Waals surface area contributed by atoms with Crippen LogP contribution in [-0.4, -0.2) is 55.5 Å². The minimum Gasteiger partial charge on any atom is -0.384 e. The molecule has 1 fully saturated rings. The van der Waals surface area contributed by atoms with E-state index < -0.39 is 21.6 Å². The van der Waals surface area contributed by atoms with Gasteiger partial charge >= 0.3 is 0 Å². The van der Waals surface area contributed by atoms with Crippen LogP contribution in [0.5, 0.6) is 0 Å². The number of sulfone groups is 1. The third-order valence-electron chi connectivity index (χ3n) is 3.15. The van der Waals surface area contributed by atoms with Gasteiger partial charge < -0.3 is 10.0 Å².